The Morgan fingerprint density at radius 2 is 1.91 bits per heavy atom. The standard InChI is InChI=1S/C5H7F3O3/c1-4(11,2-3(9)10)5(6,7)8/h11H,2H2,1H3,(H,9,10)/p-1/t4-/m0/s1. The molecule has 0 radical (unpaired) electrons. The summed E-state index contributed by atoms with van der Waals surface area (Å²) < 4.78 is 35.0. The molecule has 1 atom stereocenters. The Morgan fingerprint density at radius 1 is 1.55 bits per heavy atom. The van der Waals surface area contributed by atoms with E-state index in [4.69, 9.17) is 5.11 Å². The predicted octanol–water partition coefficient (Wildman–Crippen LogP) is -0.560. The maximum Gasteiger partial charge on any atom is 0.417 e. The van der Waals surface area contributed by atoms with Crippen molar-refractivity contribution < 1.29 is 28.2 Å². The van der Waals surface area contributed by atoms with Crippen molar-refractivity contribution in [3.05, 3.63) is 0 Å². The molecule has 11 heavy (non-hydrogen) atoms. The molecule has 0 unspecified atom stereocenters. The SMILES string of the molecule is C[C@](O)(CC(=O)[O-])C(F)(F)F. The lowest BCUT2D eigenvalue weighted by molar-refractivity contribution is -0.320. The lowest BCUT2D eigenvalue weighted by Gasteiger charge is -2.26. The summed E-state index contributed by atoms with van der Waals surface area (Å²) >= 11 is 0. The van der Waals surface area contributed by atoms with Gasteiger partial charge in [-0.1, -0.05) is 0 Å². The van der Waals surface area contributed by atoms with E-state index < -0.39 is 24.2 Å². The minimum absolute atomic E-state index is 0.378. The number of aliphatic carboxylic acids is 1. The molecule has 0 bridgehead atoms. The van der Waals surface area contributed by atoms with Gasteiger partial charge in [-0.25, -0.2) is 0 Å². The van der Waals surface area contributed by atoms with Gasteiger partial charge < -0.3 is 15.0 Å². The van der Waals surface area contributed by atoms with Crippen LogP contribution in [0.25, 0.3) is 0 Å². The Kier molecular flexibility index (Phi) is 2.50. The summed E-state index contributed by atoms with van der Waals surface area (Å²) in [5, 5.41) is 18.2. The molecular weight excluding hydrogens is 165 g/mol. The number of carboxylic acids is 1. The van der Waals surface area contributed by atoms with E-state index in [0.717, 1.165) is 0 Å². The fraction of sp³-hybridized carbons (Fsp3) is 0.800. The molecule has 0 saturated carbocycles. The highest BCUT2D eigenvalue weighted by Gasteiger charge is 2.49. The third-order valence-electron chi connectivity index (χ3n) is 1.10. The second kappa shape index (κ2) is 2.69. The molecule has 0 fully saturated rings. The van der Waals surface area contributed by atoms with E-state index in [1.807, 2.05) is 0 Å². The highest BCUT2D eigenvalue weighted by atomic mass is 19.4. The number of halogens is 3. The van der Waals surface area contributed by atoms with Crippen LogP contribution in [-0.4, -0.2) is 22.9 Å². The Bertz CT molecular complexity index is 161. The molecule has 3 nitrogen and oxygen atoms in total. The summed E-state index contributed by atoms with van der Waals surface area (Å²) in [4.78, 5) is 9.69. The van der Waals surface area contributed by atoms with E-state index in [1.54, 1.807) is 0 Å². The molecule has 6 heteroatoms. The van der Waals surface area contributed by atoms with Gasteiger partial charge >= 0.3 is 6.18 Å². The van der Waals surface area contributed by atoms with Crippen LogP contribution in [0.2, 0.25) is 0 Å². The zero-order chi connectivity index (χ0) is 9.28. The fourth-order valence-corrected chi connectivity index (χ4v) is 0.381. The minimum atomic E-state index is -4.94. The smallest absolute Gasteiger partial charge is 0.417 e. The van der Waals surface area contributed by atoms with Crippen LogP contribution in [-0.2, 0) is 4.79 Å². The van der Waals surface area contributed by atoms with Gasteiger partial charge in [0.1, 0.15) is 0 Å². The molecule has 0 saturated heterocycles. The normalized spacial score (nSPS) is 17.5. The van der Waals surface area contributed by atoms with E-state index in [1.165, 1.54) is 0 Å². The summed E-state index contributed by atoms with van der Waals surface area (Å²) in [7, 11) is 0. The van der Waals surface area contributed by atoms with Crippen LogP contribution in [0.15, 0.2) is 0 Å². The lowest BCUT2D eigenvalue weighted by atomic mass is 10.0. The number of rotatable bonds is 2. The molecule has 0 amide bonds. The maximum absolute atomic E-state index is 11.7. The Balaban J connectivity index is 4.34. The summed E-state index contributed by atoms with van der Waals surface area (Å²) in [5.41, 5.74) is -3.20. The monoisotopic (exact) mass is 171 g/mol. The first kappa shape index (κ1) is 10.2. The van der Waals surface area contributed by atoms with Crippen LogP contribution in [0.1, 0.15) is 13.3 Å². The van der Waals surface area contributed by atoms with E-state index in [9.17, 15) is 23.1 Å². The Labute approximate surface area is 60.4 Å². The third kappa shape index (κ3) is 2.75. The van der Waals surface area contributed by atoms with E-state index in [2.05, 4.69) is 0 Å². The van der Waals surface area contributed by atoms with Gasteiger partial charge in [-0.05, 0) is 6.92 Å². The van der Waals surface area contributed by atoms with Crippen LogP contribution in [0.5, 0.6) is 0 Å². The van der Waals surface area contributed by atoms with Crippen molar-refractivity contribution in [2.24, 2.45) is 0 Å². The van der Waals surface area contributed by atoms with Crippen molar-refractivity contribution >= 4 is 5.97 Å². The average Bonchev–Trinajstić information content (AvgIpc) is 1.56. The quantitative estimate of drug-likeness (QED) is 0.605. The van der Waals surface area contributed by atoms with Gasteiger partial charge in [0, 0.05) is 12.4 Å². The molecule has 0 aromatic rings. The van der Waals surface area contributed by atoms with Crippen molar-refractivity contribution in [3.8, 4) is 0 Å². The van der Waals surface area contributed by atoms with E-state index in [0.29, 0.717) is 6.92 Å². The van der Waals surface area contributed by atoms with Crippen LogP contribution in [0, 0.1) is 0 Å². The second-order valence-electron chi connectivity index (χ2n) is 2.32. The molecule has 0 aliphatic carbocycles. The summed E-state index contributed by atoms with van der Waals surface area (Å²) in [6, 6.07) is 0. The van der Waals surface area contributed by atoms with Crippen molar-refractivity contribution in [3.63, 3.8) is 0 Å². The van der Waals surface area contributed by atoms with Crippen LogP contribution < -0.4 is 5.11 Å². The zero-order valence-electron chi connectivity index (χ0n) is 5.60. The first-order valence-corrected chi connectivity index (χ1v) is 2.66. The van der Waals surface area contributed by atoms with Gasteiger partial charge in [0.15, 0.2) is 5.60 Å². The number of hydrogen-bond acceptors (Lipinski definition) is 3. The molecule has 0 heterocycles. The second-order valence-corrected chi connectivity index (χ2v) is 2.32. The largest absolute Gasteiger partial charge is 0.550 e. The minimum Gasteiger partial charge on any atom is -0.550 e. The first-order valence-electron chi connectivity index (χ1n) is 2.66. The number of aliphatic hydroxyl groups is 1. The zero-order valence-corrected chi connectivity index (χ0v) is 5.60. The maximum atomic E-state index is 11.7. The lowest BCUT2D eigenvalue weighted by Crippen LogP contribution is -2.46. The molecule has 0 aromatic heterocycles. The van der Waals surface area contributed by atoms with E-state index >= 15 is 0 Å². The van der Waals surface area contributed by atoms with Gasteiger partial charge in [0.05, 0.1) is 0 Å². The number of carbonyl (C=O) groups excluding carboxylic acids is 1. The van der Waals surface area contributed by atoms with Crippen LogP contribution >= 0.6 is 0 Å². The molecule has 0 spiro atoms. The van der Waals surface area contributed by atoms with E-state index in [-0.39, 0.29) is 0 Å². The Morgan fingerprint density at radius 3 is 2.00 bits per heavy atom. The Hall–Kier alpha value is -0.780. The third-order valence-corrected chi connectivity index (χ3v) is 1.10. The van der Waals surface area contributed by atoms with Crippen molar-refractivity contribution in [1.82, 2.24) is 0 Å². The molecule has 0 aromatic carbocycles. The molecule has 1 N–H and O–H groups in total. The van der Waals surface area contributed by atoms with Crippen LogP contribution in [0.3, 0.4) is 0 Å². The number of carbonyl (C=O) groups is 1. The summed E-state index contributed by atoms with van der Waals surface area (Å²) in [5.74, 6) is -1.94. The molecule has 66 valence electrons. The van der Waals surface area contributed by atoms with Gasteiger partial charge in [-0.15, -0.1) is 0 Å². The van der Waals surface area contributed by atoms with Crippen molar-refractivity contribution in [2.45, 2.75) is 25.1 Å². The van der Waals surface area contributed by atoms with Gasteiger partial charge in [-0.3, -0.25) is 0 Å². The summed E-state index contributed by atoms with van der Waals surface area (Å²) in [6.07, 6.45) is -6.39. The highest BCUT2D eigenvalue weighted by Crippen LogP contribution is 2.31. The number of hydrogen-bond donors (Lipinski definition) is 1. The molecular formula is C5H6F3O3-. The average molecular weight is 171 g/mol. The molecule has 0 rings (SSSR count). The molecule has 0 aliphatic rings. The van der Waals surface area contributed by atoms with Crippen LogP contribution in [0.4, 0.5) is 13.2 Å². The first-order chi connectivity index (χ1) is 4.67. The molecule has 0 aliphatic heterocycles. The van der Waals surface area contributed by atoms with Gasteiger partial charge in [0.25, 0.3) is 0 Å². The van der Waals surface area contributed by atoms with Crippen molar-refractivity contribution in [2.75, 3.05) is 0 Å². The topological polar surface area (TPSA) is 60.4 Å². The number of alkyl halides is 3. The predicted molar refractivity (Wildman–Crippen MR) is 26.3 cm³/mol. The number of carboxylic acid groups (broad SMARTS) is 1. The van der Waals surface area contributed by atoms with Gasteiger partial charge in [0.2, 0.25) is 0 Å². The van der Waals surface area contributed by atoms with Gasteiger partial charge in [-0.2, -0.15) is 13.2 Å². The fourth-order valence-electron chi connectivity index (χ4n) is 0.381. The van der Waals surface area contributed by atoms with Crippen molar-refractivity contribution in [1.29, 1.82) is 0 Å². The summed E-state index contributed by atoms with van der Waals surface area (Å²) in [6.45, 7) is 0.378. The highest BCUT2D eigenvalue weighted by molar-refractivity contribution is 5.65.